The number of para-hydroxylation sites is 1. The summed E-state index contributed by atoms with van der Waals surface area (Å²) >= 11 is 5.05. The van der Waals surface area contributed by atoms with Gasteiger partial charge in [-0.05, 0) is 43.5 Å². The first-order valence-corrected chi connectivity index (χ1v) is 16.3. The molecule has 0 radical (unpaired) electrons. The van der Waals surface area contributed by atoms with Crippen molar-refractivity contribution in [2.75, 3.05) is 25.4 Å². The van der Waals surface area contributed by atoms with E-state index in [9.17, 15) is 9.59 Å². The van der Waals surface area contributed by atoms with E-state index in [-0.39, 0.29) is 17.9 Å². The Bertz CT molecular complexity index is 1510. The van der Waals surface area contributed by atoms with Crippen LogP contribution < -0.4 is 0 Å². The third-order valence-electron chi connectivity index (χ3n) is 7.67. The number of unbranched alkanes of at least 4 members (excludes halogenated alkanes) is 2. The summed E-state index contributed by atoms with van der Waals surface area (Å²) < 4.78 is 3.25. The number of hydrogen-bond acceptors (Lipinski definition) is 6. The molecule has 0 saturated carbocycles. The molecule has 1 aliphatic rings. The molecule has 2 amide bonds. The number of hydrogen-bond donors (Lipinski definition) is 0. The molecular weight excluding hydrogens is 600 g/mol. The second-order valence-electron chi connectivity index (χ2n) is 10.7. The number of rotatable bonds is 11. The molecular formula is C31H37BrN6O2S. The van der Waals surface area contributed by atoms with Crippen molar-refractivity contribution in [2.45, 2.75) is 70.1 Å². The Morgan fingerprint density at radius 3 is 2.54 bits per heavy atom. The smallest absolute Gasteiger partial charge is 0.222 e. The molecule has 5 rings (SSSR count). The number of thioether (sulfide) groups is 1. The maximum atomic E-state index is 12.9. The Labute approximate surface area is 254 Å². The molecule has 1 unspecified atom stereocenters. The van der Waals surface area contributed by atoms with Gasteiger partial charge in [0.25, 0.3) is 0 Å². The molecule has 0 spiro atoms. The predicted molar refractivity (Wildman–Crippen MR) is 168 cm³/mol. The molecule has 1 fully saturated rings. The quantitative estimate of drug-likeness (QED) is 0.142. The molecule has 0 bridgehead atoms. The predicted octanol–water partition coefficient (Wildman–Crippen LogP) is 6.30. The summed E-state index contributed by atoms with van der Waals surface area (Å²) in [5.41, 5.74) is 3.88. The zero-order valence-corrected chi connectivity index (χ0v) is 26.2. The highest BCUT2D eigenvalue weighted by atomic mass is 79.9. The van der Waals surface area contributed by atoms with Gasteiger partial charge in [0.15, 0.2) is 5.65 Å². The van der Waals surface area contributed by atoms with Gasteiger partial charge in [-0.15, -0.1) is 10.2 Å². The fourth-order valence-electron chi connectivity index (χ4n) is 5.45. The van der Waals surface area contributed by atoms with Crippen LogP contribution in [0.25, 0.3) is 22.1 Å². The first-order chi connectivity index (χ1) is 19.9. The molecule has 8 nitrogen and oxygen atoms in total. The molecule has 1 aliphatic heterocycles. The van der Waals surface area contributed by atoms with Crippen LogP contribution in [0.2, 0.25) is 0 Å². The normalized spacial score (nSPS) is 15.6. The standard InChI is InChI=1S/C31H37BrN6O2S/c1-3-4-5-11-28(40)37-18-17-36(20-22(37)2)27(39)12-8-19-41-31-33-30-29(34-35-31)25-9-6-7-10-26(25)38(30)21-23-13-15-24(32)16-14-23/h6-7,9-10,13-16,22H,3-5,8,11-12,17-21H2,1-2H3. The van der Waals surface area contributed by atoms with Crippen LogP contribution in [-0.2, 0) is 16.1 Å². The average molecular weight is 638 g/mol. The SMILES string of the molecule is CCCCCC(=O)N1CCN(C(=O)CCCSc2nnc3c4ccccc4n(Cc4ccc(Br)cc4)c3n2)CC1C. The van der Waals surface area contributed by atoms with E-state index in [0.29, 0.717) is 44.2 Å². The van der Waals surface area contributed by atoms with E-state index < -0.39 is 0 Å². The number of benzene rings is 2. The summed E-state index contributed by atoms with van der Waals surface area (Å²) in [5, 5.41) is 10.6. The van der Waals surface area contributed by atoms with Crippen LogP contribution in [-0.4, -0.2) is 72.8 Å². The van der Waals surface area contributed by atoms with Gasteiger partial charge in [0, 0.05) is 60.7 Å². The minimum absolute atomic E-state index is 0.0616. The van der Waals surface area contributed by atoms with E-state index in [1.165, 1.54) is 17.3 Å². The van der Waals surface area contributed by atoms with Gasteiger partial charge in [-0.1, -0.05) is 77.8 Å². The van der Waals surface area contributed by atoms with Crippen molar-refractivity contribution in [3.8, 4) is 0 Å². The Hall–Kier alpha value is -2.98. The number of halogens is 1. The van der Waals surface area contributed by atoms with E-state index >= 15 is 0 Å². The summed E-state index contributed by atoms with van der Waals surface area (Å²) in [4.78, 5) is 34.2. The minimum Gasteiger partial charge on any atom is -0.339 e. The monoisotopic (exact) mass is 636 g/mol. The van der Waals surface area contributed by atoms with Crippen molar-refractivity contribution < 1.29 is 9.59 Å². The average Bonchev–Trinajstić information content (AvgIpc) is 3.29. The van der Waals surface area contributed by atoms with E-state index in [0.717, 1.165) is 58.0 Å². The van der Waals surface area contributed by atoms with Gasteiger partial charge in [0.1, 0.15) is 5.52 Å². The highest BCUT2D eigenvalue weighted by molar-refractivity contribution is 9.10. The Morgan fingerprint density at radius 1 is 0.976 bits per heavy atom. The van der Waals surface area contributed by atoms with E-state index in [4.69, 9.17) is 4.98 Å². The minimum atomic E-state index is 0.0616. The first-order valence-electron chi connectivity index (χ1n) is 14.5. The number of piperazine rings is 1. The topological polar surface area (TPSA) is 84.2 Å². The molecule has 1 atom stereocenters. The largest absolute Gasteiger partial charge is 0.339 e. The lowest BCUT2D eigenvalue weighted by Gasteiger charge is -2.40. The zero-order chi connectivity index (χ0) is 28.8. The van der Waals surface area contributed by atoms with Gasteiger partial charge in [-0.3, -0.25) is 9.59 Å². The number of aromatic nitrogens is 4. The highest BCUT2D eigenvalue weighted by Crippen LogP contribution is 2.28. The van der Waals surface area contributed by atoms with Crippen LogP contribution in [0.15, 0.2) is 58.2 Å². The molecule has 10 heteroatoms. The fraction of sp³-hybridized carbons (Fsp3) is 0.452. The summed E-state index contributed by atoms with van der Waals surface area (Å²) in [5.74, 6) is 1.10. The molecule has 2 aromatic heterocycles. The summed E-state index contributed by atoms with van der Waals surface area (Å²) in [6.45, 7) is 6.72. The molecule has 0 N–H and O–H groups in total. The van der Waals surface area contributed by atoms with E-state index in [1.807, 2.05) is 41.0 Å². The lowest BCUT2D eigenvalue weighted by Crippen LogP contribution is -2.55. The number of amides is 2. The molecule has 2 aromatic carbocycles. The summed E-state index contributed by atoms with van der Waals surface area (Å²) in [6.07, 6.45) is 4.95. The third kappa shape index (κ3) is 7.09. The van der Waals surface area contributed by atoms with Crippen molar-refractivity contribution in [1.82, 2.24) is 29.5 Å². The number of nitrogens with zero attached hydrogens (tertiary/aromatic N) is 6. The Morgan fingerprint density at radius 2 is 1.76 bits per heavy atom. The number of carbonyl (C=O) groups excluding carboxylic acids is 2. The second-order valence-corrected chi connectivity index (χ2v) is 12.7. The van der Waals surface area contributed by atoms with Gasteiger partial charge in [-0.2, -0.15) is 0 Å². The van der Waals surface area contributed by atoms with Crippen LogP contribution >= 0.6 is 27.7 Å². The van der Waals surface area contributed by atoms with Crippen molar-refractivity contribution in [1.29, 1.82) is 0 Å². The lowest BCUT2D eigenvalue weighted by molar-refractivity contribution is -0.142. The van der Waals surface area contributed by atoms with Gasteiger partial charge < -0.3 is 14.4 Å². The number of carbonyl (C=O) groups is 2. The lowest BCUT2D eigenvalue weighted by atomic mass is 10.1. The Kier molecular flexibility index (Phi) is 9.92. The van der Waals surface area contributed by atoms with Crippen molar-refractivity contribution >= 4 is 61.6 Å². The van der Waals surface area contributed by atoms with Crippen LogP contribution in [0.1, 0.15) is 57.9 Å². The number of fused-ring (bicyclic) bond motifs is 3. The van der Waals surface area contributed by atoms with Crippen molar-refractivity contribution in [2.24, 2.45) is 0 Å². The molecule has 4 aromatic rings. The third-order valence-corrected chi connectivity index (χ3v) is 9.12. The van der Waals surface area contributed by atoms with E-state index in [2.05, 4.69) is 61.9 Å². The summed E-state index contributed by atoms with van der Waals surface area (Å²) in [6, 6.07) is 16.6. The molecule has 3 heterocycles. The molecule has 216 valence electrons. The molecule has 0 aliphatic carbocycles. The highest BCUT2D eigenvalue weighted by Gasteiger charge is 2.29. The van der Waals surface area contributed by atoms with Crippen molar-refractivity contribution in [3.05, 3.63) is 58.6 Å². The maximum absolute atomic E-state index is 12.9. The Balaban J connectivity index is 1.17. The van der Waals surface area contributed by atoms with Gasteiger partial charge in [-0.25, -0.2) is 4.98 Å². The maximum Gasteiger partial charge on any atom is 0.222 e. The first kappa shape index (κ1) is 29.5. The van der Waals surface area contributed by atoms with Crippen LogP contribution in [0.3, 0.4) is 0 Å². The zero-order valence-electron chi connectivity index (χ0n) is 23.8. The second kappa shape index (κ2) is 13.8. The molecule has 1 saturated heterocycles. The fourth-order valence-corrected chi connectivity index (χ4v) is 6.44. The van der Waals surface area contributed by atoms with Crippen LogP contribution in [0.4, 0.5) is 0 Å². The van der Waals surface area contributed by atoms with Gasteiger partial charge in [0.2, 0.25) is 17.0 Å². The summed E-state index contributed by atoms with van der Waals surface area (Å²) in [7, 11) is 0. The van der Waals surface area contributed by atoms with Crippen LogP contribution in [0.5, 0.6) is 0 Å². The van der Waals surface area contributed by atoms with Crippen molar-refractivity contribution in [3.63, 3.8) is 0 Å². The van der Waals surface area contributed by atoms with Gasteiger partial charge >= 0.3 is 0 Å². The van der Waals surface area contributed by atoms with E-state index in [1.54, 1.807) is 0 Å². The molecule has 41 heavy (non-hydrogen) atoms. The van der Waals surface area contributed by atoms with Crippen LogP contribution in [0, 0.1) is 0 Å². The van der Waals surface area contributed by atoms with Gasteiger partial charge in [0.05, 0.1) is 5.52 Å².